The Kier molecular flexibility index (Phi) is 4.12. The third-order valence-electron chi connectivity index (χ3n) is 1.88. The van der Waals surface area contributed by atoms with Crippen LogP contribution in [-0.4, -0.2) is 19.9 Å². The maximum absolute atomic E-state index is 5.48. The Balaban J connectivity index is 2.91. The van der Waals surface area contributed by atoms with Crippen molar-refractivity contribution in [3.8, 4) is 5.75 Å². The fourth-order valence-corrected chi connectivity index (χ4v) is 1.75. The van der Waals surface area contributed by atoms with Gasteiger partial charge in [-0.2, -0.15) is 0 Å². The van der Waals surface area contributed by atoms with E-state index in [1.54, 1.807) is 18.9 Å². The highest BCUT2D eigenvalue weighted by Gasteiger charge is 2.02. The van der Waals surface area contributed by atoms with Crippen molar-refractivity contribution in [2.75, 3.05) is 19.9 Å². The number of hydrogen-bond donors (Lipinski definition) is 1. The lowest BCUT2D eigenvalue weighted by Crippen LogP contribution is -2.02. The van der Waals surface area contributed by atoms with Crippen molar-refractivity contribution in [1.82, 2.24) is 0 Å². The number of nitrogens with two attached hydrogens (primary N) is 1. The summed E-state index contributed by atoms with van der Waals surface area (Å²) in [5, 5.41) is 0. The minimum atomic E-state index is 0.682. The number of hydrogen-bond acceptors (Lipinski definition) is 3. The summed E-state index contributed by atoms with van der Waals surface area (Å²) < 4.78 is 5.26. The molecule has 0 bridgehead atoms. The van der Waals surface area contributed by atoms with Gasteiger partial charge in [-0.3, -0.25) is 0 Å². The maximum Gasteiger partial charge on any atom is 0.132 e. The lowest BCUT2D eigenvalue weighted by Gasteiger charge is -2.07. The topological polar surface area (TPSA) is 35.2 Å². The van der Waals surface area contributed by atoms with Gasteiger partial charge in [0.15, 0.2) is 0 Å². The largest absolute Gasteiger partial charge is 0.496 e. The molecule has 0 fully saturated rings. The second-order valence-electron chi connectivity index (χ2n) is 2.73. The third-order valence-corrected chi connectivity index (χ3v) is 2.66. The Morgan fingerprint density at radius 3 is 2.77 bits per heavy atom. The molecular formula is C10H15NOS. The van der Waals surface area contributed by atoms with E-state index in [4.69, 9.17) is 10.5 Å². The van der Waals surface area contributed by atoms with E-state index in [-0.39, 0.29) is 0 Å². The molecule has 2 nitrogen and oxygen atoms in total. The van der Waals surface area contributed by atoms with Gasteiger partial charge in [-0.1, -0.05) is 6.07 Å². The summed E-state index contributed by atoms with van der Waals surface area (Å²) in [6, 6.07) is 6.23. The van der Waals surface area contributed by atoms with Crippen LogP contribution >= 0.6 is 11.8 Å². The highest BCUT2D eigenvalue weighted by atomic mass is 32.2. The smallest absolute Gasteiger partial charge is 0.132 e. The molecule has 0 aliphatic heterocycles. The molecule has 1 aromatic carbocycles. The Bertz CT molecular complexity index is 276. The molecule has 0 heterocycles. The maximum atomic E-state index is 5.48. The van der Waals surface area contributed by atoms with E-state index in [0.29, 0.717) is 6.54 Å². The summed E-state index contributed by atoms with van der Waals surface area (Å²) in [5.41, 5.74) is 6.71. The summed E-state index contributed by atoms with van der Waals surface area (Å²) in [7, 11) is 1.70. The zero-order chi connectivity index (χ0) is 9.68. The number of thioether (sulfide) groups is 1. The van der Waals surface area contributed by atoms with Gasteiger partial charge in [0.05, 0.1) is 7.11 Å². The van der Waals surface area contributed by atoms with Crippen LogP contribution < -0.4 is 10.5 Å². The monoisotopic (exact) mass is 197 g/mol. The molecule has 0 amide bonds. The van der Waals surface area contributed by atoms with Gasteiger partial charge >= 0.3 is 0 Å². The zero-order valence-corrected chi connectivity index (χ0v) is 8.86. The summed E-state index contributed by atoms with van der Waals surface area (Å²) in [4.78, 5) is 1.17. The first-order valence-corrected chi connectivity index (χ1v) is 5.45. The van der Waals surface area contributed by atoms with Gasteiger partial charge in [0.2, 0.25) is 0 Å². The van der Waals surface area contributed by atoms with Crippen LogP contribution in [0.15, 0.2) is 23.1 Å². The fraction of sp³-hybridized carbons (Fsp3) is 0.400. The number of ether oxygens (including phenoxy) is 1. The van der Waals surface area contributed by atoms with Gasteiger partial charge in [0.1, 0.15) is 5.75 Å². The van der Waals surface area contributed by atoms with Crippen LogP contribution in [0, 0.1) is 0 Å². The average Bonchev–Trinajstić information content (AvgIpc) is 2.18. The van der Waals surface area contributed by atoms with Crippen molar-refractivity contribution in [3.05, 3.63) is 23.8 Å². The quantitative estimate of drug-likeness (QED) is 0.749. The van der Waals surface area contributed by atoms with Crippen LogP contribution in [0.1, 0.15) is 5.56 Å². The molecular weight excluding hydrogens is 182 g/mol. The van der Waals surface area contributed by atoms with Crippen molar-refractivity contribution in [1.29, 1.82) is 0 Å². The van der Waals surface area contributed by atoms with E-state index in [1.807, 2.05) is 6.26 Å². The highest BCUT2D eigenvalue weighted by Crippen LogP contribution is 2.28. The second-order valence-corrected chi connectivity index (χ2v) is 3.58. The van der Waals surface area contributed by atoms with E-state index in [9.17, 15) is 0 Å². The first-order chi connectivity index (χ1) is 6.31. The summed E-state index contributed by atoms with van der Waals surface area (Å²) in [5.74, 6) is 0.943. The average molecular weight is 197 g/mol. The van der Waals surface area contributed by atoms with Gasteiger partial charge < -0.3 is 10.5 Å². The molecule has 0 saturated heterocycles. The predicted octanol–water partition coefficient (Wildman–Crippen LogP) is 1.92. The fourth-order valence-electron chi connectivity index (χ4n) is 1.20. The Morgan fingerprint density at radius 2 is 2.23 bits per heavy atom. The standard InChI is InChI=1S/C10H15NOS/c1-12-9-7-8(5-6-11)3-4-10(9)13-2/h3-4,7H,5-6,11H2,1-2H3. The molecule has 0 saturated carbocycles. The van der Waals surface area contributed by atoms with Gasteiger partial charge in [-0.15, -0.1) is 11.8 Å². The van der Waals surface area contributed by atoms with Crippen LogP contribution in [0.4, 0.5) is 0 Å². The molecule has 0 radical (unpaired) electrons. The van der Waals surface area contributed by atoms with Gasteiger partial charge in [-0.25, -0.2) is 0 Å². The number of rotatable bonds is 4. The van der Waals surface area contributed by atoms with Crippen LogP contribution in [-0.2, 0) is 6.42 Å². The van der Waals surface area contributed by atoms with Gasteiger partial charge in [0, 0.05) is 4.90 Å². The van der Waals surface area contributed by atoms with E-state index in [2.05, 4.69) is 18.2 Å². The van der Waals surface area contributed by atoms with Crippen molar-refractivity contribution in [2.24, 2.45) is 5.73 Å². The first kappa shape index (κ1) is 10.4. The second kappa shape index (κ2) is 5.14. The van der Waals surface area contributed by atoms with E-state index < -0.39 is 0 Å². The molecule has 0 spiro atoms. The summed E-state index contributed by atoms with van der Waals surface area (Å²) in [6.45, 7) is 0.682. The van der Waals surface area contributed by atoms with E-state index in [1.165, 1.54) is 10.5 Å². The summed E-state index contributed by atoms with van der Waals surface area (Å²) in [6.07, 6.45) is 2.95. The van der Waals surface area contributed by atoms with Crippen LogP contribution in [0.3, 0.4) is 0 Å². The molecule has 3 heteroatoms. The molecule has 0 aromatic heterocycles. The van der Waals surface area contributed by atoms with Gasteiger partial charge in [-0.05, 0) is 36.9 Å². The first-order valence-electron chi connectivity index (χ1n) is 4.22. The minimum absolute atomic E-state index is 0.682. The van der Waals surface area contributed by atoms with Crippen molar-refractivity contribution >= 4 is 11.8 Å². The molecule has 13 heavy (non-hydrogen) atoms. The minimum Gasteiger partial charge on any atom is -0.496 e. The number of methoxy groups -OCH3 is 1. The van der Waals surface area contributed by atoms with Crippen molar-refractivity contribution < 1.29 is 4.74 Å². The SMILES string of the molecule is COc1cc(CCN)ccc1SC. The molecule has 0 aliphatic carbocycles. The molecule has 72 valence electrons. The van der Waals surface area contributed by atoms with E-state index >= 15 is 0 Å². The molecule has 0 aliphatic rings. The van der Waals surface area contributed by atoms with Gasteiger partial charge in [0.25, 0.3) is 0 Å². The summed E-state index contributed by atoms with van der Waals surface area (Å²) >= 11 is 1.69. The Morgan fingerprint density at radius 1 is 1.46 bits per heavy atom. The van der Waals surface area contributed by atoms with E-state index in [0.717, 1.165) is 12.2 Å². The molecule has 1 rings (SSSR count). The zero-order valence-electron chi connectivity index (χ0n) is 8.04. The third kappa shape index (κ3) is 2.64. The van der Waals surface area contributed by atoms with Crippen LogP contribution in [0.2, 0.25) is 0 Å². The predicted molar refractivity (Wildman–Crippen MR) is 57.5 cm³/mol. The Labute approximate surface area is 83.5 Å². The lowest BCUT2D eigenvalue weighted by atomic mass is 10.1. The molecule has 2 N–H and O–H groups in total. The molecule has 0 unspecified atom stereocenters. The van der Waals surface area contributed by atoms with Crippen molar-refractivity contribution in [2.45, 2.75) is 11.3 Å². The molecule has 0 atom stereocenters. The lowest BCUT2D eigenvalue weighted by molar-refractivity contribution is 0.404. The molecule has 1 aromatic rings. The number of benzene rings is 1. The van der Waals surface area contributed by atoms with Crippen LogP contribution in [0.25, 0.3) is 0 Å². The Hall–Kier alpha value is -0.670. The van der Waals surface area contributed by atoms with Crippen molar-refractivity contribution in [3.63, 3.8) is 0 Å². The van der Waals surface area contributed by atoms with Crippen LogP contribution in [0.5, 0.6) is 5.75 Å². The normalized spacial score (nSPS) is 10.1. The highest BCUT2D eigenvalue weighted by molar-refractivity contribution is 7.98.